The number of benzene rings is 5. The number of hydrogen-bond acceptors (Lipinski definition) is 5. The predicted octanol–water partition coefficient (Wildman–Crippen LogP) is 13.5. The number of fused-ring (bicyclic) bond motifs is 4. The summed E-state index contributed by atoms with van der Waals surface area (Å²) in [6, 6.07) is 35.1. The van der Waals surface area contributed by atoms with Gasteiger partial charge in [0.1, 0.15) is 11.4 Å². The van der Waals surface area contributed by atoms with Gasteiger partial charge in [0.05, 0.1) is 11.4 Å². The van der Waals surface area contributed by atoms with Crippen LogP contribution in [0.5, 0.6) is 0 Å². The fraction of sp³-hybridized carbons (Fsp3) is 0.216. The molecule has 0 saturated carbocycles. The molecule has 9 aromatic rings. The molecule has 0 spiro atoms. The van der Waals surface area contributed by atoms with Gasteiger partial charge in [-0.25, -0.2) is 14.4 Å². The normalized spacial score (nSPS) is 12.6. The van der Waals surface area contributed by atoms with E-state index in [2.05, 4.69) is 99.4 Å². The van der Waals surface area contributed by atoms with E-state index >= 15 is 0 Å². The van der Waals surface area contributed by atoms with Crippen LogP contribution in [0.4, 0.5) is 8.78 Å². The summed E-state index contributed by atoms with van der Waals surface area (Å²) < 4.78 is 58.1. The zero-order valence-corrected chi connectivity index (χ0v) is 36.8. The van der Waals surface area contributed by atoms with Crippen LogP contribution in [0, 0.1) is 30.6 Å². The Morgan fingerprint density at radius 1 is 0.767 bits per heavy atom. The van der Waals surface area contributed by atoms with Crippen molar-refractivity contribution in [3.05, 3.63) is 162 Å². The van der Waals surface area contributed by atoms with Gasteiger partial charge in [-0.3, -0.25) is 9.37 Å². The van der Waals surface area contributed by atoms with Crippen LogP contribution in [-0.4, -0.2) is 24.5 Å². The second-order valence-corrected chi connectivity index (χ2v) is 16.3. The monoisotopic (exact) mass is 977 g/mol. The Balaban J connectivity index is 0.000000229. The molecular formula is C51H45F2IrN5O-2. The number of aryl methyl sites for hydroxylation is 1. The third-order valence-electron chi connectivity index (χ3n) is 10.5. The van der Waals surface area contributed by atoms with E-state index in [9.17, 15) is 8.78 Å². The molecule has 0 aliphatic heterocycles. The van der Waals surface area contributed by atoms with Crippen LogP contribution in [0.2, 0.25) is 0 Å². The quantitative estimate of drug-likeness (QED) is 0.155. The van der Waals surface area contributed by atoms with E-state index in [0.717, 1.165) is 50.4 Å². The van der Waals surface area contributed by atoms with Crippen LogP contribution in [0.25, 0.3) is 72.7 Å². The molecule has 0 amide bonds. The van der Waals surface area contributed by atoms with Crippen LogP contribution in [0.3, 0.4) is 0 Å². The van der Waals surface area contributed by atoms with Crippen molar-refractivity contribution in [1.29, 1.82) is 0 Å². The van der Waals surface area contributed by atoms with Crippen LogP contribution >= 0.6 is 0 Å². The molecule has 0 saturated heterocycles. The van der Waals surface area contributed by atoms with Crippen molar-refractivity contribution in [3.63, 3.8) is 0 Å². The Bertz CT molecular complexity index is 3050. The summed E-state index contributed by atoms with van der Waals surface area (Å²) in [4.78, 5) is 18.6. The number of furan rings is 1. The Morgan fingerprint density at radius 3 is 2.13 bits per heavy atom. The molecule has 9 rings (SSSR count). The van der Waals surface area contributed by atoms with Crippen LogP contribution in [0.1, 0.15) is 86.7 Å². The number of halogens is 2. The molecule has 0 atom stereocenters. The van der Waals surface area contributed by atoms with Crippen molar-refractivity contribution in [2.24, 2.45) is 0 Å². The minimum atomic E-state index is -2.33. The van der Waals surface area contributed by atoms with Gasteiger partial charge in [-0.2, -0.15) is 0 Å². The third kappa shape index (κ3) is 8.17. The van der Waals surface area contributed by atoms with E-state index < -0.39 is 12.7 Å². The number of hydrogen-bond donors (Lipinski definition) is 0. The van der Waals surface area contributed by atoms with Crippen molar-refractivity contribution < 1.29 is 37.4 Å². The molecule has 0 aliphatic carbocycles. The summed E-state index contributed by atoms with van der Waals surface area (Å²) in [5.74, 6) is 0.359. The van der Waals surface area contributed by atoms with E-state index in [4.69, 9.17) is 18.5 Å². The van der Waals surface area contributed by atoms with Gasteiger partial charge in [-0.15, -0.1) is 42.0 Å². The fourth-order valence-corrected chi connectivity index (χ4v) is 7.34. The van der Waals surface area contributed by atoms with Crippen LogP contribution < -0.4 is 0 Å². The molecule has 4 aromatic heterocycles. The maximum absolute atomic E-state index is 14.1. The van der Waals surface area contributed by atoms with Crippen molar-refractivity contribution >= 4 is 33.2 Å². The Labute approximate surface area is 367 Å². The van der Waals surface area contributed by atoms with Crippen LogP contribution in [-0.2, 0) is 25.5 Å². The molecule has 0 bridgehead atoms. The van der Waals surface area contributed by atoms with Gasteiger partial charge < -0.3 is 14.0 Å². The number of rotatable bonds is 6. The van der Waals surface area contributed by atoms with Crippen molar-refractivity contribution in [3.8, 4) is 39.5 Å². The van der Waals surface area contributed by atoms with Gasteiger partial charge >= 0.3 is 0 Å². The predicted molar refractivity (Wildman–Crippen MR) is 234 cm³/mol. The standard InChI is InChI=1S/C35H28FN4O.C16H17FN.Ir/c1-20(2)25-7-5-8-26(21(3)4)31(25)40-34(39-33-35(40)38-18-17-37-33)29-10-6-9-28-27-16-13-23(19-30(27)41-32(28)29)22-11-14-24(36)15-12-22;1-11-5-7-13(14(17)9-11)15-8-6-12(10-18-15)16(2,3)4;/h5-9,11-21H,1-4H3;5-6,8-10H,1-4H3;/q2*-1;/i;1D3;. The summed E-state index contributed by atoms with van der Waals surface area (Å²) in [6.45, 7) is 12.7. The smallest absolute Gasteiger partial charge is 0.188 e. The zero-order chi connectivity index (χ0) is 44.1. The second-order valence-electron chi connectivity index (χ2n) is 16.3. The van der Waals surface area contributed by atoms with Gasteiger partial charge in [0.15, 0.2) is 11.3 Å². The van der Waals surface area contributed by atoms with E-state index in [-0.39, 0.29) is 54.3 Å². The van der Waals surface area contributed by atoms with Gasteiger partial charge in [0, 0.05) is 59.7 Å². The number of pyridine rings is 1. The Hall–Kier alpha value is -5.89. The summed E-state index contributed by atoms with van der Waals surface area (Å²) >= 11 is 0. The Kier molecular flexibility index (Phi) is 10.9. The molecule has 5 aromatic carbocycles. The molecule has 1 radical (unpaired) electrons. The first-order valence-corrected chi connectivity index (χ1v) is 19.6. The molecule has 4 heterocycles. The minimum Gasteiger partial charge on any atom is -0.501 e. The maximum Gasteiger partial charge on any atom is 0.188 e. The largest absolute Gasteiger partial charge is 0.501 e. The summed E-state index contributed by atoms with van der Waals surface area (Å²) in [5.41, 5.74) is 10.4. The molecule has 305 valence electrons. The van der Waals surface area contributed by atoms with E-state index in [1.54, 1.807) is 36.8 Å². The molecule has 0 unspecified atom stereocenters. The Morgan fingerprint density at radius 2 is 1.48 bits per heavy atom. The minimum absolute atomic E-state index is 0. The number of aromatic nitrogens is 5. The second kappa shape index (κ2) is 17.0. The first-order chi connectivity index (χ1) is 29.5. The zero-order valence-electron chi connectivity index (χ0n) is 37.4. The van der Waals surface area contributed by atoms with E-state index in [1.165, 1.54) is 29.3 Å². The summed E-state index contributed by atoms with van der Waals surface area (Å²) in [7, 11) is 0. The fourth-order valence-electron chi connectivity index (χ4n) is 7.34. The maximum atomic E-state index is 14.1. The summed E-state index contributed by atoms with van der Waals surface area (Å²) in [5, 5.41) is 1.96. The molecule has 60 heavy (non-hydrogen) atoms. The molecule has 0 N–H and O–H groups in total. The van der Waals surface area contributed by atoms with Gasteiger partial charge in [-0.1, -0.05) is 126 Å². The summed E-state index contributed by atoms with van der Waals surface area (Å²) in [6.07, 6.45) is 5.09. The number of para-hydroxylation sites is 1. The van der Waals surface area contributed by atoms with Crippen molar-refractivity contribution in [2.45, 2.75) is 72.6 Å². The van der Waals surface area contributed by atoms with Gasteiger partial charge in [0.25, 0.3) is 0 Å². The van der Waals surface area contributed by atoms with Crippen molar-refractivity contribution in [2.75, 3.05) is 0 Å². The van der Waals surface area contributed by atoms with Gasteiger partial charge in [-0.05, 0) is 69.0 Å². The molecule has 9 heteroatoms. The van der Waals surface area contributed by atoms with Crippen molar-refractivity contribution in [1.82, 2.24) is 24.5 Å². The first-order valence-electron chi connectivity index (χ1n) is 21.1. The first kappa shape index (κ1) is 38.3. The molecular weight excluding hydrogens is 929 g/mol. The average molecular weight is 977 g/mol. The average Bonchev–Trinajstić information content (AvgIpc) is 3.81. The third-order valence-corrected chi connectivity index (χ3v) is 10.5. The molecule has 0 fully saturated rings. The number of imidazole rings is 1. The number of nitrogens with zero attached hydrogens (tertiary/aromatic N) is 5. The van der Waals surface area contributed by atoms with Crippen LogP contribution in [0.15, 0.2) is 120 Å². The SMILES string of the molecule is CC(C)c1cccc(C(C)C)c1-n1c(-c2[c-]ccc3c2oc2cc(-c4ccc(F)cc4)ccc23)nc2nccnc21.[2H]C([2H])([2H])c1c[c-]c(-c2ccc(C(C)(C)C)cn2)c(F)c1.[Ir]. The topological polar surface area (TPSA) is 69.6 Å². The molecule has 6 nitrogen and oxygen atoms in total. The molecule has 0 aliphatic rings. The van der Waals surface area contributed by atoms with E-state index in [1.807, 2.05) is 30.3 Å². The van der Waals surface area contributed by atoms with Gasteiger partial charge in [0.2, 0.25) is 0 Å². The van der Waals surface area contributed by atoms with E-state index in [0.29, 0.717) is 28.4 Å².